The van der Waals surface area contributed by atoms with Crippen LogP contribution in [0.4, 0.5) is 17.5 Å². The zero-order valence-electron chi connectivity index (χ0n) is 13.7. The number of aromatic nitrogens is 3. The van der Waals surface area contributed by atoms with E-state index in [0.29, 0.717) is 5.95 Å². The maximum atomic E-state index is 4.57. The Balaban J connectivity index is 2.15. The number of rotatable bonds is 7. The first kappa shape index (κ1) is 16.2. The van der Waals surface area contributed by atoms with Gasteiger partial charge in [-0.05, 0) is 45.6 Å². The molecular formula is C16H24N6. The molecule has 0 fully saturated rings. The highest BCUT2D eigenvalue weighted by Gasteiger charge is 2.11. The molecule has 6 heteroatoms. The number of likely N-dealkylation sites (N-methyl/N-ethyl adjacent to an activating group) is 1. The lowest BCUT2D eigenvalue weighted by molar-refractivity contribution is 0.425. The molecule has 2 rings (SSSR count). The van der Waals surface area contributed by atoms with Crippen molar-refractivity contribution in [3.63, 3.8) is 0 Å². The van der Waals surface area contributed by atoms with Crippen molar-refractivity contribution in [3.05, 3.63) is 36.0 Å². The summed E-state index contributed by atoms with van der Waals surface area (Å²) in [6.45, 7) is 6.70. The monoisotopic (exact) mass is 300 g/mol. The molecule has 0 aliphatic heterocycles. The normalized spacial score (nSPS) is 10.8. The predicted octanol–water partition coefficient (Wildman–Crippen LogP) is 2.31. The van der Waals surface area contributed by atoms with Crippen LogP contribution in [0.3, 0.4) is 0 Å². The quantitative estimate of drug-likeness (QED) is 0.847. The van der Waals surface area contributed by atoms with Gasteiger partial charge in [0.25, 0.3) is 5.95 Å². The second kappa shape index (κ2) is 7.70. The van der Waals surface area contributed by atoms with Crippen molar-refractivity contribution < 1.29 is 0 Å². The molecule has 0 aliphatic carbocycles. The van der Waals surface area contributed by atoms with Gasteiger partial charge in [-0.2, -0.15) is 10.1 Å². The Labute approximate surface area is 132 Å². The van der Waals surface area contributed by atoms with Crippen LogP contribution < -0.4 is 10.2 Å². The van der Waals surface area contributed by atoms with E-state index in [-0.39, 0.29) is 0 Å². The van der Waals surface area contributed by atoms with Crippen molar-refractivity contribution in [2.45, 2.75) is 13.8 Å². The van der Waals surface area contributed by atoms with Gasteiger partial charge in [0.05, 0.1) is 6.20 Å². The van der Waals surface area contributed by atoms with Gasteiger partial charge in [-0.3, -0.25) is 0 Å². The largest absolute Gasteiger partial charge is 0.367 e. The Morgan fingerprint density at radius 1 is 1.23 bits per heavy atom. The standard InChI is InChI=1S/C16H24N6/c1-5-22(14-8-6-7-13(2)11-14)16-19-15(12-18-20-16)17-9-10-21(3)4/h6-8,11-12H,5,9-10H2,1-4H3,(H,17,19,20). The van der Waals surface area contributed by atoms with Crippen LogP contribution in [0.1, 0.15) is 12.5 Å². The molecule has 0 atom stereocenters. The smallest absolute Gasteiger partial charge is 0.251 e. The highest BCUT2D eigenvalue weighted by molar-refractivity contribution is 5.58. The minimum Gasteiger partial charge on any atom is -0.367 e. The number of nitrogens with zero attached hydrogens (tertiary/aromatic N) is 5. The SMILES string of the molecule is CCN(c1cccc(C)c1)c1nncc(NCCN(C)C)n1. The fraction of sp³-hybridized carbons (Fsp3) is 0.438. The van der Waals surface area contributed by atoms with Gasteiger partial charge in [-0.1, -0.05) is 12.1 Å². The maximum absolute atomic E-state index is 4.57. The summed E-state index contributed by atoms with van der Waals surface area (Å²) in [5.41, 5.74) is 2.29. The van der Waals surface area contributed by atoms with Gasteiger partial charge in [0, 0.05) is 25.3 Å². The number of nitrogens with one attached hydrogen (secondary N) is 1. The van der Waals surface area contributed by atoms with Gasteiger partial charge < -0.3 is 15.1 Å². The van der Waals surface area contributed by atoms with Gasteiger partial charge in [-0.15, -0.1) is 5.10 Å². The first-order valence-electron chi connectivity index (χ1n) is 7.52. The molecule has 0 saturated carbocycles. The van der Waals surface area contributed by atoms with Gasteiger partial charge >= 0.3 is 0 Å². The molecule has 0 bridgehead atoms. The third kappa shape index (κ3) is 4.39. The van der Waals surface area contributed by atoms with Gasteiger partial charge in [0.1, 0.15) is 0 Å². The molecule has 0 amide bonds. The Morgan fingerprint density at radius 2 is 2.05 bits per heavy atom. The van der Waals surface area contributed by atoms with Crippen molar-refractivity contribution in [1.82, 2.24) is 20.1 Å². The second-order valence-electron chi connectivity index (χ2n) is 5.45. The highest BCUT2D eigenvalue weighted by Crippen LogP contribution is 2.22. The molecule has 6 nitrogen and oxygen atoms in total. The number of anilines is 3. The average molecular weight is 300 g/mol. The lowest BCUT2D eigenvalue weighted by Crippen LogP contribution is -2.23. The van der Waals surface area contributed by atoms with E-state index in [1.165, 1.54) is 5.56 Å². The fourth-order valence-electron chi connectivity index (χ4n) is 2.14. The van der Waals surface area contributed by atoms with Crippen molar-refractivity contribution in [1.29, 1.82) is 0 Å². The lowest BCUT2D eigenvalue weighted by atomic mass is 10.2. The lowest BCUT2D eigenvalue weighted by Gasteiger charge is -2.21. The Kier molecular flexibility index (Phi) is 5.66. The van der Waals surface area contributed by atoms with E-state index in [4.69, 9.17) is 0 Å². The molecule has 2 aromatic rings. The first-order valence-corrected chi connectivity index (χ1v) is 7.52. The molecule has 0 radical (unpaired) electrons. The van der Waals surface area contributed by atoms with Crippen LogP contribution in [0.15, 0.2) is 30.5 Å². The Morgan fingerprint density at radius 3 is 2.73 bits per heavy atom. The van der Waals surface area contributed by atoms with Crippen LogP contribution in [0, 0.1) is 6.92 Å². The number of hydrogen-bond acceptors (Lipinski definition) is 6. The number of aryl methyl sites for hydroxylation is 1. The molecule has 1 heterocycles. The van der Waals surface area contributed by atoms with Crippen LogP contribution in [-0.4, -0.2) is 53.8 Å². The van der Waals surface area contributed by atoms with Crippen molar-refractivity contribution >= 4 is 17.5 Å². The first-order chi connectivity index (χ1) is 10.6. The van der Waals surface area contributed by atoms with Crippen LogP contribution in [0.5, 0.6) is 0 Å². The zero-order valence-corrected chi connectivity index (χ0v) is 13.7. The van der Waals surface area contributed by atoms with E-state index in [1.54, 1.807) is 6.20 Å². The van der Waals surface area contributed by atoms with Crippen molar-refractivity contribution in [2.75, 3.05) is 43.9 Å². The molecule has 1 N–H and O–H groups in total. The van der Waals surface area contributed by atoms with Gasteiger partial charge in [0.15, 0.2) is 5.82 Å². The summed E-state index contributed by atoms with van der Waals surface area (Å²) in [6.07, 6.45) is 1.66. The van der Waals surface area contributed by atoms with E-state index in [0.717, 1.165) is 31.1 Å². The van der Waals surface area contributed by atoms with E-state index in [9.17, 15) is 0 Å². The molecule has 0 spiro atoms. The molecule has 0 unspecified atom stereocenters. The summed E-state index contributed by atoms with van der Waals surface area (Å²) in [5.74, 6) is 1.36. The van der Waals surface area contributed by atoms with Crippen LogP contribution in [-0.2, 0) is 0 Å². The minimum absolute atomic E-state index is 0.614. The van der Waals surface area contributed by atoms with Crippen LogP contribution in [0.25, 0.3) is 0 Å². The summed E-state index contributed by atoms with van der Waals surface area (Å²) in [5, 5.41) is 11.5. The minimum atomic E-state index is 0.614. The average Bonchev–Trinajstić information content (AvgIpc) is 2.48. The summed E-state index contributed by atoms with van der Waals surface area (Å²) in [6, 6.07) is 8.31. The second-order valence-corrected chi connectivity index (χ2v) is 5.45. The third-order valence-corrected chi connectivity index (χ3v) is 3.28. The zero-order chi connectivity index (χ0) is 15.9. The van der Waals surface area contributed by atoms with E-state index in [2.05, 4.69) is 62.3 Å². The van der Waals surface area contributed by atoms with Crippen molar-refractivity contribution in [3.8, 4) is 0 Å². The Hall–Kier alpha value is -2.21. The molecule has 0 saturated heterocycles. The molecule has 22 heavy (non-hydrogen) atoms. The predicted molar refractivity (Wildman–Crippen MR) is 90.7 cm³/mol. The molecule has 118 valence electrons. The number of benzene rings is 1. The molecular weight excluding hydrogens is 276 g/mol. The summed E-state index contributed by atoms with van der Waals surface area (Å²) in [4.78, 5) is 8.74. The highest BCUT2D eigenvalue weighted by atomic mass is 15.3. The summed E-state index contributed by atoms with van der Waals surface area (Å²) in [7, 11) is 4.09. The Bertz CT molecular complexity index is 599. The van der Waals surface area contributed by atoms with Crippen LogP contribution >= 0.6 is 0 Å². The van der Waals surface area contributed by atoms with E-state index in [1.807, 2.05) is 20.2 Å². The molecule has 1 aromatic heterocycles. The summed E-state index contributed by atoms with van der Waals surface area (Å²) >= 11 is 0. The van der Waals surface area contributed by atoms with E-state index < -0.39 is 0 Å². The maximum Gasteiger partial charge on any atom is 0.251 e. The topological polar surface area (TPSA) is 57.2 Å². The third-order valence-electron chi connectivity index (χ3n) is 3.28. The van der Waals surface area contributed by atoms with E-state index >= 15 is 0 Å². The number of hydrogen-bond donors (Lipinski definition) is 1. The molecule has 1 aromatic carbocycles. The van der Waals surface area contributed by atoms with Gasteiger partial charge in [-0.25, -0.2) is 0 Å². The van der Waals surface area contributed by atoms with Gasteiger partial charge in [0.2, 0.25) is 0 Å². The van der Waals surface area contributed by atoms with Crippen LogP contribution in [0.2, 0.25) is 0 Å². The summed E-state index contributed by atoms with van der Waals surface area (Å²) < 4.78 is 0. The molecule has 0 aliphatic rings. The van der Waals surface area contributed by atoms with Crippen molar-refractivity contribution in [2.24, 2.45) is 0 Å². The fourth-order valence-corrected chi connectivity index (χ4v) is 2.14.